The Hall–Kier alpha value is -2.80. The average Bonchev–Trinajstić information content (AvgIpc) is 3.09. The molecule has 0 saturated carbocycles. The molecule has 1 N–H and O–H groups in total. The Balaban J connectivity index is 2.27. The second kappa shape index (κ2) is 8.62. The molecular weight excluding hydrogens is 437 g/mol. The topological polar surface area (TPSA) is 46.5 Å². The van der Waals surface area contributed by atoms with Crippen molar-refractivity contribution in [2.24, 2.45) is 0 Å². The molecule has 1 aromatic heterocycles. The Morgan fingerprint density at radius 3 is 2.41 bits per heavy atom. The predicted molar refractivity (Wildman–Crippen MR) is 124 cm³/mol. The highest BCUT2D eigenvalue weighted by Gasteiger charge is 2.31. The van der Waals surface area contributed by atoms with Crippen molar-refractivity contribution in [2.45, 2.75) is 46.2 Å². The standard InChI is InChI=1S/C25H25F3O3S/c1-14-9-18(23(31-13-25(26,27)28)19(10-14)24(3,4)5)16-7-6-8-20-17(16)12-21(32-20)15(2)11-22(29)30/h6-12H,13H2,1-5H3,(H,29,30)/b15-11+. The highest BCUT2D eigenvalue weighted by Crippen LogP contribution is 2.44. The quantitative estimate of drug-likeness (QED) is 0.397. The Labute approximate surface area is 189 Å². The summed E-state index contributed by atoms with van der Waals surface area (Å²) in [5, 5.41) is 9.91. The summed E-state index contributed by atoms with van der Waals surface area (Å²) >= 11 is 1.44. The van der Waals surface area contributed by atoms with Crippen LogP contribution in [0.15, 0.2) is 42.5 Å². The van der Waals surface area contributed by atoms with Gasteiger partial charge in [0.05, 0.1) is 0 Å². The number of carbonyl (C=O) groups is 1. The number of hydrogen-bond donors (Lipinski definition) is 1. The normalized spacial score (nSPS) is 12.9. The number of thiophene rings is 1. The van der Waals surface area contributed by atoms with Crippen LogP contribution < -0.4 is 4.74 Å². The van der Waals surface area contributed by atoms with Crippen LogP contribution in [0.25, 0.3) is 26.8 Å². The van der Waals surface area contributed by atoms with Gasteiger partial charge in [-0.3, -0.25) is 0 Å². The molecule has 0 amide bonds. The number of alkyl halides is 3. The van der Waals surface area contributed by atoms with Crippen LogP contribution in [0.3, 0.4) is 0 Å². The van der Waals surface area contributed by atoms with Crippen LogP contribution in [0.5, 0.6) is 5.75 Å². The lowest BCUT2D eigenvalue weighted by Gasteiger charge is -2.26. The molecule has 0 fully saturated rings. The molecule has 3 rings (SSSR count). The SMILES string of the molecule is C/C(=C\C(=O)O)c1cc2c(-c3cc(C)cc(C(C)(C)C)c3OCC(F)(F)F)cccc2s1. The second-order valence-corrected chi connectivity index (χ2v) is 9.92. The average molecular weight is 463 g/mol. The molecule has 0 aliphatic rings. The third-order valence-electron chi connectivity index (χ3n) is 5.00. The van der Waals surface area contributed by atoms with E-state index in [9.17, 15) is 18.0 Å². The maximum atomic E-state index is 13.1. The number of fused-ring (bicyclic) bond motifs is 1. The van der Waals surface area contributed by atoms with Crippen LogP contribution in [0.4, 0.5) is 13.2 Å². The number of rotatable bonds is 5. The van der Waals surface area contributed by atoms with Crippen molar-refractivity contribution in [1.29, 1.82) is 0 Å². The lowest BCUT2D eigenvalue weighted by Crippen LogP contribution is -2.22. The molecule has 3 nitrogen and oxygen atoms in total. The van der Waals surface area contributed by atoms with Crippen molar-refractivity contribution in [2.75, 3.05) is 6.61 Å². The van der Waals surface area contributed by atoms with E-state index < -0.39 is 24.2 Å². The van der Waals surface area contributed by atoms with Crippen LogP contribution in [0.1, 0.15) is 43.7 Å². The smallest absolute Gasteiger partial charge is 0.422 e. The summed E-state index contributed by atoms with van der Waals surface area (Å²) in [5.74, 6) is -0.810. The van der Waals surface area contributed by atoms with Gasteiger partial charge in [0.1, 0.15) is 5.75 Å². The minimum absolute atomic E-state index is 0.221. The zero-order chi connectivity index (χ0) is 23.8. The molecule has 7 heteroatoms. The van der Waals surface area contributed by atoms with E-state index in [0.717, 1.165) is 32.2 Å². The van der Waals surface area contributed by atoms with Crippen molar-refractivity contribution in [3.05, 3.63) is 58.5 Å². The Kier molecular flexibility index (Phi) is 6.43. The summed E-state index contributed by atoms with van der Waals surface area (Å²) in [4.78, 5) is 11.9. The summed E-state index contributed by atoms with van der Waals surface area (Å²) in [6.45, 7) is 8.07. The van der Waals surface area contributed by atoms with E-state index in [-0.39, 0.29) is 5.75 Å². The molecular formula is C25H25F3O3S. The fourth-order valence-electron chi connectivity index (χ4n) is 3.59. The third kappa shape index (κ3) is 5.33. The third-order valence-corrected chi connectivity index (χ3v) is 6.24. The minimum atomic E-state index is -4.46. The molecule has 170 valence electrons. The van der Waals surface area contributed by atoms with E-state index in [1.165, 1.54) is 11.3 Å². The summed E-state index contributed by atoms with van der Waals surface area (Å²) in [7, 11) is 0. The van der Waals surface area contributed by atoms with Gasteiger partial charge < -0.3 is 9.84 Å². The minimum Gasteiger partial charge on any atom is -0.483 e. The van der Waals surface area contributed by atoms with Crippen LogP contribution >= 0.6 is 11.3 Å². The maximum absolute atomic E-state index is 13.1. The summed E-state index contributed by atoms with van der Waals surface area (Å²) in [5.41, 5.74) is 3.13. The van der Waals surface area contributed by atoms with Crippen LogP contribution in [0.2, 0.25) is 0 Å². The molecule has 1 heterocycles. The van der Waals surface area contributed by atoms with E-state index in [1.807, 2.05) is 64.1 Å². The molecule has 32 heavy (non-hydrogen) atoms. The number of aliphatic carboxylic acids is 1. The zero-order valence-corrected chi connectivity index (χ0v) is 19.4. The fourth-order valence-corrected chi connectivity index (χ4v) is 4.65. The Morgan fingerprint density at radius 2 is 1.81 bits per heavy atom. The maximum Gasteiger partial charge on any atom is 0.422 e. The molecule has 0 bridgehead atoms. The molecule has 0 saturated heterocycles. The van der Waals surface area contributed by atoms with Gasteiger partial charge in [0.15, 0.2) is 6.61 Å². The molecule has 0 spiro atoms. The number of aryl methyl sites for hydroxylation is 1. The molecule has 0 aliphatic carbocycles. The number of carboxylic acids is 1. The van der Waals surface area contributed by atoms with Gasteiger partial charge in [0.25, 0.3) is 0 Å². The molecule has 3 aromatic rings. The zero-order valence-electron chi connectivity index (χ0n) is 18.6. The van der Waals surface area contributed by atoms with E-state index >= 15 is 0 Å². The van der Waals surface area contributed by atoms with Gasteiger partial charge in [0, 0.05) is 32.2 Å². The number of ether oxygens (including phenoxy) is 1. The molecule has 2 aromatic carbocycles. The lowest BCUT2D eigenvalue weighted by atomic mass is 9.83. The highest BCUT2D eigenvalue weighted by atomic mass is 32.1. The first-order chi connectivity index (χ1) is 14.8. The summed E-state index contributed by atoms with van der Waals surface area (Å²) in [6.07, 6.45) is -3.32. The van der Waals surface area contributed by atoms with Crippen LogP contribution in [-0.2, 0) is 10.2 Å². The number of hydrogen-bond acceptors (Lipinski definition) is 3. The van der Waals surface area contributed by atoms with Gasteiger partial charge in [-0.25, -0.2) is 4.79 Å². The van der Waals surface area contributed by atoms with Crippen molar-refractivity contribution < 1.29 is 27.8 Å². The van der Waals surface area contributed by atoms with E-state index in [1.54, 1.807) is 6.92 Å². The van der Waals surface area contributed by atoms with Crippen molar-refractivity contribution >= 4 is 33.0 Å². The van der Waals surface area contributed by atoms with Gasteiger partial charge in [0.2, 0.25) is 0 Å². The monoisotopic (exact) mass is 462 g/mol. The number of carboxylic acid groups (broad SMARTS) is 1. The number of allylic oxidation sites excluding steroid dienone is 1. The highest BCUT2D eigenvalue weighted by molar-refractivity contribution is 7.20. The number of halogens is 3. The van der Waals surface area contributed by atoms with Crippen LogP contribution in [-0.4, -0.2) is 23.9 Å². The van der Waals surface area contributed by atoms with Gasteiger partial charge in [-0.2, -0.15) is 13.2 Å². The first-order valence-corrected chi connectivity index (χ1v) is 10.9. The molecule has 0 unspecified atom stereocenters. The first-order valence-electron chi connectivity index (χ1n) is 10.1. The van der Waals surface area contributed by atoms with Gasteiger partial charge in [-0.15, -0.1) is 11.3 Å². The first kappa shape index (κ1) is 23.9. The Morgan fingerprint density at radius 1 is 1.12 bits per heavy atom. The van der Waals surface area contributed by atoms with E-state index in [0.29, 0.717) is 16.7 Å². The van der Waals surface area contributed by atoms with Crippen molar-refractivity contribution in [3.63, 3.8) is 0 Å². The summed E-state index contributed by atoms with van der Waals surface area (Å²) in [6, 6.07) is 11.2. The van der Waals surface area contributed by atoms with Gasteiger partial charge in [-0.1, -0.05) is 39.0 Å². The molecule has 0 radical (unpaired) electrons. The Bertz CT molecular complexity index is 1200. The lowest BCUT2D eigenvalue weighted by molar-refractivity contribution is -0.153. The summed E-state index contributed by atoms with van der Waals surface area (Å²) < 4.78 is 45.5. The van der Waals surface area contributed by atoms with Gasteiger partial charge in [-0.05, 0) is 54.2 Å². The molecule has 0 atom stereocenters. The van der Waals surface area contributed by atoms with E-state index in [4.69, 9.17) is 9.84 Å². The largest absolute Gasteiger partial charge is 0.483 e. The van der Waals surface area contributed by atoms with Crippen molar-refractivity contribution in [1.82, 2.24) is 0 Å². The fraction of sp³-hybridized carbons (Fsp3) is 0.320. The van der Waals surface area contributed by atoms with Gasteiger partial charge >= 0.3 is 12.1 Å². The molecule has 0 aliphatic heterocycles. The predicted octanol–water partition coefficient (Wildman–Crippen LogP) is 7.60. The van der Waals surface area contributed by atoms with E-state index in [2.05, 4.69) is 0 Å². The number of benzene rings is 2. The second-order valence-electron chi connectivity index (χ2n) is 8.84. The van der Waals surface area contributed by atoms with Crippen LogP contribution in [0, 0.1) is 6.92 Å². The van der Waals surface area contributed by atoms with Crippen molar-refractivity contribution in [3.8, 4) is 16.9 Å².